The molecule has 0 aromatic heterocycles. The highest BCUT2D eigenvalue weighted by Crippen LogP contribution is 2.11. The molecule has 0 spiro atoms. The Labute approximate surface area is 135 Å². The third-order valence-corrected chi connectivity index (χ3v) is 3.48. The minimum absolute atomic E-state index is 0.265. The summed E-state index contributed by atoms with van der Waals surface area (Å²) in [5.74, 6) is -0.265. The first-order valence-electron chi connectivity index (χ1n) is 7.29. The van der Waals surface area contributed by atoms with E-state index in [0.717, 1.165) is 30.4 Å². The number of hydrogen-bond acceptors (Lipinski definition) is 2. The van der Waals surface area contributed by atoms with Crippen LogP contribution < -0.4 is 0 Å². The van der Waals surface area contributed by atoms with E-state index in [1.807, 2.05) is 18.2 Å². The van der Waals surface area contributed by atoms with E-state index in [4.69, 9.17) is 11.6 Å². The Kier molecular flexibility index (Phi) is 6.28. The fourth-order valence-corrected chi connectivity index (χ4v) is 2.08. The first-order chi connectivity index (χ1) is 10.7. The van der Waals surface area contributed by atoms with E-state index < -0.39 is 0 Å². The molecule has 0 amide bonds. The van der Waals surface area contributed by atoms with Gasteiger partial charge in [-0.1, -0.05) is 49.2 Å². The Hall–Kier alpha value is -2.00. The summed E-state index contributed by atoms with van der Waals surface area (Å²) in [7, 11) is 0. The second kappa shape index (κ2) is 8.44. The van der Waals surface area contributed by atoms with Gasteiger partial charge in [0.1, 0.15) is 5.82 Å². The van der Waals surface area contributed by atoms with Gasteiger partial charge >= 0.3 is 0 Å². The van der Waals surface area contributed by atoms with Crippen LogP contribution >= 0.6 is 11.6 Å². The lowest BCUT2D eigenvalue weighted by Gasteiger charge is -2.01. The maximum atomic E-state index is 13.9. The van der Waals surface area contributed by atoms with Gasteiger partial charge in [0.25, 0.3) is 0 Å². The van der Waals surface area contributed by atoms with E-state index in [9.17, 15) is 4.39 Å². The second-order valence-electron chi connectivity index (χ2n) is 5.00. The van der Waals surface area contributed by atoms with E-state index in [-0.39, 0.29) is 5.82 Å². The van der Waals surface area contributed by atoms with Gasteiger partial charge in [-0.15, -0.1) is 0 Å². The number of benzene rings is 2. The van der Waals surface area contributed by atoms with Gasteiger partial charge in [-0.2, -0.15) is 10.2 Å². The molecule has 0 aliphatic rings. The quantitative estimate of drug-likeness (QED) is 0.512. The summed E-state index contributed by atoms with van der Waals surface area (Å²) in [4.78, 5) is 0. The SMILES string of the molecule is CCCCc1ccc(C=NN=Cc2ccc(Cl)cc2)c(F)c1. The van der Waals surface area contributed by atoms with Crippen LogP contribution in [-0.2, 0) is 6.42 Å². The summed E-state index contributed by atoms with van der Waals surface area (Å²) in [5.41, 5.74) is 2.34. The monoisotopic (exact) mass is 316 g/mol. The molecule has 2 rings (SSSR count). The topological polar surface area (TPSA) is 24.7 Å². The van der Waals surface area contributed by atoms with Gasteiger partial charge in [0, 0.05) is 10.6 Å². The van der Waals surface area contributed by atoms with Crippen LogP contribution in [0.1, 0.15) is 36.5 Å². The molecule has 0 saturated carbocycles. The van der Waals surface area contributed by atoms with Crippen molar-refractivity contribution in [3.63, 3.8) is 0 Å². The van der Waals surface area contributed by atoms with Crippen molar-refractivity contribution in [3.05, 3.63) is 70.0 Å². The molecular formula is C18H18ClFN2. The second-order valence-corrected chi connectivity index (χ2v) is 5.44. The molecule has 0 N–H and O–H groups in total. The van der Waals surface area contributed by atoms with Crippen LogP contribution in [0.25, 0.3) is 0 Å². The summed E-state index contributed by atoms with van der Waals surface area (Å²) >= 11 is 5.80. The maximum Gasteiger partial charge on any atom is 0.132 e. The molecule has 0 aliphatic carbocycles. The average Bonchev–Trinajstić information content (AvgIpc) is 2.52. The van der Waals surface area contributed by atoms with Crippen LogP contribution in [-0.4, -0.2) is 12.4 Å². The van der Waals surface area contributed by atoms with Crippen molar-refractivity contribution in [2.24, 2.45) is 10.2 Å². The molecule has 0 radical (unpaired) electrons. The minimum Gasteiger partial charge on any atom is -0.206 e. The van der Waals surface area contributed by atoms with Gasteiger partial charge in [0.05, 0.1) is 12.4 Å². The lowest BCUT2D eigenvalue weighted by molar-refractivity contribution is 0.622. The van der Waals surface area contributed by atoms with E-state index >= 15 is 0 Å². The van der Waals surface area contributed by atoms with Crippen molar-refractivity contribution in [3.8, 4) is 0 Å². The van der Waals surface area contributed by atoms with Gasteiger partial charge in [-0.25, -0.2) is 4.39 Å². The van der Waals surface area contributed by atoms with Crippen LogP contribution in [0.4, 0.5) is 4.39 Å². The van der Waals surface area contributed by atoms with Crippen molar-refractivity contribution in [2.75, 3.05) is 0 Å². The van der Waals surface area contributed by atoms with Crippen LogP contribution in [0.2, 0.25) is 5.02 Å². The van der Waals surface area contributed by atoms with Crippen molar-refractivity contribution < 1.29 is 4.39 Å². The Morgan fingerprint density at radius 3 is 2.45 bits per heavy atom. The van der Waals surface area contributed by atoms with Gasteiger partial charge in [-0.3, -0.25) is 0 Å². The zero-order valence-corrected chi connectivity index (χ0v) is 13.2. The predicted octanol–water partition coefficient (Wildman–Crippen LogP) is 5.27. The summed E-state index contributed by atoms with van der Waals surface area (Å²) in [6.07, 6.45) is 6.09. The summed E-state index contributed by atoms with van der Waals surface area (Å²) in [6.45, 7) is 2.12. The van der Waals surface area contributed by atoms with E-state index in [2.05, 4.69) is 17.1 Å². The fourth-order valence-electron chi connectivity index (χ4n) is 1.96. The Balaban J connectivity index is 1.99. The Morgan fingerprint density at radius 1 is 1.05 bits per heavy atom. The van der Waals surface area contributed by atoms with Gasteiger partial charge in [0.2, 0.25) is 0 Å². The Morgan fingerprint density at radius 2 is 1.77 bits per heavy atom. The van der Waals surface area contributed by atoms with Crippen LogP contribution in [0.5, 0.6) is 0 Å². The predicted molar refractivity (Wildman–Crippen MR) is 91.7 cm³/mol. The smallest absolute Gasteiger partial charge is 0.132 e. The van der Waals surface area contributed by atoms with Crippen molar-refractivity contribution in [2.45, 2.75) is 26.2 Å². The summed E-state index contributed by atoms with van der Waals surface area (Å²) in [6, 6.07) is 12.5. The molecule has 0 unspecified atom stereocenters. The summed E-state index contributed by atoms with van der Waals surface area (Å²) in [5, 5.41) is 8.47. The van der Waals surface area contributed by atoms with Crippen LogP contribution in [0.15, 0.2) is 52.7 Å². The highest BCUT2D eigenvalue weighted by Gasteiger charge is 2.01. The molecule has 0 bridgehead atoms. The summed E-state index contributed by atoms with van der Waals surface area (Å²) < 4.78 is 13.9. The zero-order valence-electron chi connectivity index (χ0n) is 12.5. The highest BCUT2D eigenvalue weighted by molar-refractivity contribution is 6.30. The molecule has 22 heavy (non-hydrogen) atoms. The van der Waals surface area contributed by atoms with E-state index in [0.29, 0.717) is 10.6 Å². The lowest BCUT2D eigenvalue weighted by Crippen LogP contribution is -1.92. The standard InChI is InChI=1S/C18H18ClFN2/c1-2-3-4-14-5-8-16(18(20)11-14)13-22-21-12-15-6-9-17(19)10-7-15/h5-13H,2-4H2,1H3. The van der Waals surface area contributed by atoms with Crippen LogP contribution in [0.3, 0.4) is 0 Å². The molecule has 0 atom stereocenters. The van der Waals surface area contributed by atoms with Crippen molar-refractivity contribution in [1.82, 2.24) is 0 Å². The average molecular weight is 317 g/mol. The number of hydrogen-bond donors (Lipinski definition) is 0. The highest BCUT2D eigenvalue weighted by atomic mass is 35.5. The number of unbranched alkanes of at least 4 members (excludes halogenated alkanes) is 1. The molecule has 0 saturated heterocycles. The first kappa shape index (κ1) is 16.4. The first-order valence-corrected chi connectivity index (χ1v) is 7.67. The molecule has 0 aliphatic heterocycles. The molecule has 0 heterocycles. The molecule has 2 aromatic rings. The number of aryl methyl sites for hydroxylation is 1. The molecule has 2 aromatic carbocycles. The van der Waals surface area contributed by atoms with Crippen molar-refractivity contribution >= 4 is 24.0 Å². The molecule has 4 heteroatoms. The van der Waals surface area contributed by atoms with Crippen LogP contribution in [0, 0.1) is 5.82 Å². The Bertz CT molecular complexity index is 663. The van der Waals surface area contributed by atoms with E-state index in [1.54, 1.807) is 30.5 Å². The molecule has 2 nitrogen and oxygen atoms in total. The van der Waals surface area contributed by atoms with E-state index in [1.165, 1.54) is 6.21 Å². The van der Waals surface area contributed by atoms with Crippen molar-refractivity contribution in [1.29, 1.82) is 0 Å². The number of halogens is 2. The normalized spacial score (nSPS) is 11.6. The largest absolute Gasteiger partial charge is 0.206 e. The zero-order chi connectivity index (χ0) is 15.8. The molecule has 0 fully saturated rings. The lowest BCUT2D eigenvalue weighted by atomic mass is 10.1. The van der Waals surface area contributed by atoms with Gasteiger partial charge < -0.3 is 0 Å². The number of rotatable bonds is 6. The molecule has 114 valence electrons. The number of nitrogens with zero attached hydrogens (tertiary/aromatic N) is 2. The van der Waals surface area contributed by atoms with Gasteiger partial charge in [0.15, 0.2) is 0 Å². The minimum atomic E-state index is -0.265. The third-order valence-electron chi connectivity index (χ3n) is 3.22. The maximum absolute atomic E-state index is 13.9. The third kappa shape index (κ3) is 5.08. The molecular weight excluding hydrogens is 299 g/mol. The van der Waals surface area contributed by atoms with Gasteiger partial charge in [-0.05, 0) is 42.2 Å². The fraction of sp³-hybridized carbons (Fsp3) is 0.222.